The van der Waals surface area contributed by atoms with Crippen LogP contribution in [0.15, 0.2) is 23.0 Å². The maximum Gasteiger partial charge on any atom is 0.307 e. The van der Waals surface area contributed by atoms with E-state index in [4.69, 9.17) is 9.63 Å². The van der Waals surface area contributed by atoms with Crippen LogP contribution in [-0.4, -0.2) is 31.2 Å². The van der Waals surface area contributed by atoms with Crippen LogP contribution in [0.3, 0.4) is 0 Å². The highest BCUT2D eigenvalue weighted by molar-refractivity contribution is 5.77. The minimum Gasteiger partial charge on any atom is -0.481 e. The molecular formula is C12H12N4O3. The molecule has 0 amide bonds. The minimum atomic E-state index is -0.842. The van der Waals surface area contributed by atoms with Crippen LogP contribution >= 0.6 is 0 Å². The Bertz CT molecular complexity index is 623. The van der Waals surface area contributed by atoms with Crippen LogP contribution in [0, 0.1) is 11.3 Å². The fourth-order valence-corrected chi connectivity index (χ4v) is 2.43. The Balaban J connectivity index is 1.90. The normalized spacial score (nSPS) is 24.1. The highest BCUT2D eigenvalue weighted by Crippen LogP contribution is 2.64. The molecule has 0 saturated heterocycles. The van der Waals surface area contributed by atoms with Gasteiger partial charge >= 0.3 is 5.97 Å². The predicted molar refractivity (Wildman–Crippen MR) is 63.0 cm³/mol. The highest BCUT2D eigenvalue weighted by Gasteiger charge is 2.65. The molecule has 2 heterocycles. The second-order valence-electron chi connectivity index (χ2n) is 5.14. The zero-order chi connectivity index (χ0) is 13.6. The maximum absolute atomic E-state index is 11.1. The van der Waals surface area contributed by atoms with Gasteiger partial charge in [0.25, 0.3) is 0 Å². The van der Waals surface area contributed by atoms with Crippen molar-refractivity contribution in [2.24, 2.45) is 11.3 Å². The van der Waals surface area contributed by atoms with Gasteiger partial charge in [-0.2, -0.15) is 4.98 Å². The predicted octanol–water partition coefficient (Wildman–Crippen LogP) is 1.35. The molecule has 0 aliphatic heterocycles. The van der Waals surface area contributed by atoms with Gasteiger partial charge in [-0.25, -0.2) is 9.97 Å². The SMILES string of the molecule is CC1(C)C(C(=O)O)C1c1nc(-c2ncccn2)no1. The Labute approximate surface area is 108 Å². The molecule has 19 heavy (non-hydrogen) atoms. The van der Waals surface area contributed by atoms with Crippen LogP contribution in [-0.2, 0) is 4.79 Å². The van der Waals surface area contributed by atoms with E-state index in [2.05, 4.69) is 20.1 Å². The lowest BCUT2D eigenvalue weighted by molar-refractivity contribution is -0.139. The van der Waals surface area contributed by atoms with Crippen LogP contribution in [0.2, 0.25) is 0 Å². The number of hydrogen-bond donors (Lipinski definition) is 1. The number of carboxylic acid groups (broad SMARTS) is 1. The van der Waals surface area contributed by atoms with Crippen molar-refractivity contribution < 1.29 is 14.4 Å². The second kappa shape index (κ2) is 3.84. The summed E-state index contributed by atoms with van der Waals surface area (Å²) in [6.45, 7) is 3.75. The number of aromatic nitrogens is 4. The minimum absolute atomic E-state index is 0.255. The van der Waals surface area contributed by atoms with E-state index in [1.54, 1.807) is 18.5 Å². The molecule has 2 aromatic rings. The van der Waals surface area contributed by atoms with Crippen LogP contribution in [0.5, 0.6) is 0 Å². The molecule has 1 fully saturated rings. The van der Waals surface area contributed by atoms with E-state index in [0.29, 0.717) is 11.7 Å². The summed E-state index contributed by atoms with van der Waals surface area (Å²) < 4.78 is 5.15. The van der Waals surface area contributed by atoms with Gasteiger partial charge in [0, 0.05) is 12.4 Å². The van der Waals surface area contributed by atoms with E-state index in [1.165, 1.54) is 0 Å². The lowest BCUT2D eigenvalue weighted by Crippen LogP contribution is -2.03. The summed E-state index contributed by atoms with van der Waals surface area (Å²) in [5, 5.41) is 12.9. The molecule has 7 nitrogen and oxygen atoms in total. The summed E-state index contributed by atoms with van der Waals surface area (Å²) in [5.74, 6) is -0.608. The summed E-state index contributed by atoms with van der Waals surface area (Å²) >= 11 is 0. The van der Waals surface area contributed by atoms with Crippen molar-refractivity contribution in [3.8, 4) is 11.6 Å². The summed E-state index contributed by atoms with van der Waals surface area (Å²) in [7, 11) is 0. The fraction of sp³-hybridized carbons (Fsp3) is 0.417. The van der Waals surface area contributed by atoms with Gasteiger partial charge in [-0.3, -0.25) is 4.79 Å². The zero-order valence-corrected chi connectivity index (χ0v) is 10.4. The monoisotopic (exact) mass is 260 g/mol. The van der Waals surface area contributed by atoms with Crippen LogP contribution in [0.25, 0.3) is 11.6 Å². The maximum atomic E-state index is 11.1. The first-order chi connectivity index (χ1) is 9.01. The molecule has 0 bridgehead atoms. The third-order valence-electron chi connectivity index (χ3n) is 3.57. The summed E-state index contributed by atoms with van der Waals surface area (Å²) in [6.07, 6.45) is 3.17. The van der Waals surface area contributed by atoms with Crippen molar-refractivity contribution in [1.82, 2.24) is 20.1 Å². The van der Waals surface area contributed by atoms with E-state index in [0.717, 1.165) is 0 Å². The average Bonchev–Trinajstić information content (AvgIpc) is 2.76. The van der Waals surface area contributed by atoms with Gasteiger partial charge in [-0.1, -0.05) is 19.0 Å². The van der Waals surface area contributed by atoms with Crippen molar-refractivity contribution in [3.05, 3.63) is 24.4 Å². The van der Waals surface area contributed by atoms with Crippen molar-refractivity contribution in [3.63, 3.8) is 0 Å². The molecule has 0 spiro atoms. The van der Waals surface area contributed by atoms with Gasteiger partial charge in [0.05, 0.1) is 11.8 Å². The number of carbonyl (C=O) groups is 1. The molecule has 0 aromatic carbocycles. The molecule has 3 rings (SSSR count). The average molecular weight is 260 g/mol. The Hall–Kier alpha value is -2.31. The Morgan fingerprint density at radius 2 is 2.00 bits per heavy atom. The topological polar surface area (TPSA) is 102 Å². The molecule has 2 atom stereocenters. The largest absolute Gasteiger partial charge is 0.481 e. The van der Waals surface area contributed by atoms with E-state index >= 15 is 0 Å². The van der Waals surface area contributed by atoms with Crippen molar-refractivity contribution >= 4 is 5.97 Å². The van der Waals surface area contributed by atoms with Crippen molar-refractivity contribution in [1.29, 1.82) is 0 Å². The molecule has 1 aliphatic carbocycles. The molecule has 98 valence electrons. The third-order valence-corrected chi connectivity index (χ3v) is 3.57. The lowest BCUT2D eigenvalue weighted by Gasteiger charge is -1.96. The number of aliphatic carboxylic acids is 1. The van der Waals surface area contributed by atoms with Gasteiger partial charge < -0.3 is 9.63 Å². The Morgan fingerprint density at radius 3 is 2.58 bits per heavy atom. The Kier molecular flexibility index (Phi) is 2.38. The molecule has 1 N–H and O–H groups in total. The smallest absolute Gasteiger partial charge is 0.307 e. The quantitative estimate of drug-likeness (QED) is 0.888. The van der Waals surface area contributed by atoms with E-state index in [-0.39, 0.29) is 17.2 Å². The summed E-state index contributed by atoms with van der Waals surface area (Å²) in [5.41, 5.74) is -0.368. The van der Waals surface area contributed by atoms with Gasteiger partial charge in [-0.05, 0) is 11.5 Å². The van der Waals surface area contributed by atoms with Gasteiger partial charge in [0.1, 0.15) is 0 Å². The van der Waals surface area contributed by atoms with Crippen molar-refractivity contribution in [2.75, 3.05) is 0 Å². The van der Waals surface area contributed by atoms with Crippen LogP contribution < -0.4 is 0 Å². The highest BCUT2D eigenvalue weighted by atomic mass is 16.5. The first-order valence-electron chi connectivity index (χ1n) is 5.85. The summed E-state index contributed by atoms with van der Waals surface area (Å²) in [6, 6.07) is 1.69. The molecule has 1 aliphatic rings. The first kappa shape index (κ1) is 11.8. The molecule has 1 saturated carbocycles. The number of rotatable bonds is 3. The first-order valence-corrected chi connectivity index (χ1v) is 5.85. The fourth-order valence-electron chi connectivity index (χ4n) is 2.43. The number of carboxylic acids is 1. The molecular weight excluding hydrogens is 248 g/mol. The van der Waals surface area contributed by atoms with Gasteiger partial charge in [-0.15, -0.1) is 0 Å². The Morgan fingerprint density at radius 1 is 1.32 bits per heavy atom. The second-order valence-corrected chi connectivity index (χ2v) is 5.14. The van der Waals surface area contributed by atoms with E-state index in [1.807, 2.05) is 13.8 Å². The summed E-state index contributed by atoms with van der Waals surface area (Å²) in [4.78, 5) is 23.4. The molecule has 0 radical (unpaired) electrons. The zero-order valence-electron chi connectivity index (χ0n) is 10.4. The standard InChI is InChI=1S/C12H12N4O3/c1-12(2)6(7(12)11(17)18)10-15-9(16-19-10)8-13-4-3-5-14-8/h3-7H,1-2H3,(H,17,18). The molecule has 7 heteroatoms. The lowest BCUT2D eigenvalue weighted by atomic mass is 10.1. The van der Waals surface area contributed by atoms with Crippen LogP contribution in [0.1, 0.15) is 25.7 Å². The van der Waals surface area contributed by atoms with E-state index < -0.39 is 11.9 Å². The molecule has 2 aromatic heterocycles. The number of hydrogen-bond acceptors (Lipinski definition) is 6. The van der Waals surface area contributed by atoms with Crippen LogP contribution in [0.4, 0.5) is 0 Å². The van der Waals surface area contributed by atoms with Crippen molar-refractivity contribution in [2.45, 2.75) is 19.8 Å². The van der Waals surface area contributed by atoms with Gasteiger partial charge in [0.15, 0.2) is 0 Å². The molecule has 2 unspecified atom stereocenters. The number of nitrogens with zero attached hydrogens (tertiary/aromatic N) is 4. The van der Waals surface area contributed by atoms with Gasteiger partial charge in [0.2, 0.25) is 17.5 Å². The van der Waals surface area contributed by atoms with E-state index in [9.17, 15) is 4.79 Å². The third kappa shape index (κ3) is 1.78.